The Kier molecular flexibility index (Phi) is 5.62. The Labute approximate surface area is 130 Å². The molecule has 1 heterocycles. The van der Waals surface area contributed by atoms with Crippen molar-refractivity contribution in [2.45, 2.75) is 43.7 Å². The normalized spacial score (nSPS) is 19.1. The Balaban J connectivity index is 2.09. The van der Waals surface area contributed by atoms with Crippen molar-refractivity contribution in [3.8, 4) is 0 Å². The number of benzene rings is 1. The third-order valence-corrected chi connectivity index (χ3v) is 5.53. The molecule has 1 aliphatic heterocycles. The van der Waals surface area contributed by atoms with Gasteiger partial charge in [-0.15, -0.1) is 0 Å². The molecule has 0 saturated carbocycles. The summed E-state index contributed by atoms with van der Waals surface area (Å²) in [6.07, 6.45) is 2.88. The van der Waals surface area contributed by atoms with Crippen molar-refractivity contribution in [3.05, 3.63) is 28.3 Å². The lowest BCUT2D eigenvalue weighted by Crippen LogP contribution is -2.28. The fourth-order valence-electron chi connectivity index (χ4n) is 2.50. The molecule has 118 valence electrons. The number of nitrogens with two attached hydrogens (primary N) is 1. The predicted molar refractivity (Wildman–Crippen MR) is 82.9 cm³/mol. The Morgan fingerprint density at radius 1 is 1.48 bits per heavy atom. The minimum Gasteiger partial charge on any atom is -0.378 e. The first-order chi connectivity index (χ1) is 9.94. The number of hydrogen-bond acceptors (Lipinski definition) is 4. The molecule has 7 heteroatoms. The Hall–Kier alpha value is -0.660. The molecular weight excluding hydrogens is 312 g/mol. The lowest BCUT2D eigenvalue weighted by Gasteiger charge is -2.14. The molecule has 21 heavy (non-hydrogen) atoms. The lowest BCUT2D eigenvalue weighted by molar-refractivity contribution is 0.105. The molecule has 1 atom stereocenters. The second-order valence-corrected chi connectivity index (χ2v) is 7.39. The molecule has 1 saturated heterocycles. The minimum absolute atomic E-state index is 0.160. The van der Waals surface area contributed by atoms with Crippen LogP contribution in [0.15, 0.2) is 17.0 Å². The zero-order valence-corrected chi connectivity index (χ0v) is 13.6. The summed E-state index contributed by atoms with van der Waals surface area (Å²) in [5.41, 5.74) is 7.01. The number of nitrogens with one attached hydrogen (secondary N) is 1. The van der Waals surface area contributed by atoms with E-state index in [-0.39, 0.29) is 17.5 Å². The van der Waals surface area contributed by atoms with Crippen molar-refractivity contribution in [1.29, 1.82) is 0 Å². The number of halogens is 1. The molecule has 0 aliphatic carbocycles. The molecule has 1 aromatic carbocycles. The van der Waals surface area contributed by atoms with Gasteiger partial charge in [0.25, 0.3) is 0 Å². The highest BCUT2D eigenvalue weighted by Gasteiger charge is 2.21. The third kappa shape index (κ3) is 4.17. The summed E-state index contributed by atoms with van der Waals surface area (Å²) in [6.45, 7) is 3.12. The summed E-state index contributed by atoms with van der Waals surface area (Å²) < 4.78 is 32.9. The fourth-order valence-corrected chi connectivity index (χ4v) is 4.17. The molecule has 0 aromatic heterocycles. The topological polar surface area (TPSA) is 81.4 Å². The van der Waals surface area contributed by atoms with Gasteiger partial charge >= 0.3 is 0 Å². The summed E-state index contributed by atoms with van der Waals surface area (Å²) in [5, 5.41) is 0.376. The molecule has 0 radical (unpaired) electrons. The van der Waals surface area contributed by atoms with Crippen LogP contribution in [0.25, 0.3) is 0 Å². The maximum Gasteiger partial charge on any atom is 0.240 e. The molecule has 3 N–H and O–H groups in total. The van der Waals surface area contributed by atoms with Gasteiger partial charge in [-0.3, -0.25) is 0 Å². The van der Waals surface area contributed by atoms with Gasteiger partial charge in [0.2, 0.25) is 10.0 Å². The second-order valence-electron chi connectivity index (χ2n) is 5.21. The Morgan fingerprint density at radius 2 is 2.24 bits per heavy atom. The molecule has 1 fully saturated rings. The van der Waals surface area contributed by atoms with Crippen molar-refractivity contribution >= 4 is 21.6 Å². The monoisotopic (exact) mass is 332 g/mol. The van der Waals surface area contributed by atoms with Gasteiger partial charge in [0.15, 0.2) is 0 Å². The van der Waals surface area contributed by atoms with E-state index < -0.39 is 10.0 Å². The zero-order valence-electron chi connectivity index (χ0n) is 12.1. The van der Waals surface area contributed by atoms with Crippen molar-refractivity contribution in [1.82, 2.24) is 4.72 Å². The van der Waals surface area contributed by atoms with Crippen LogP contribution in [0, 0.1) is 6.92 Å². The van der Waals surface area contributed by atoms with Crippen LogP contribution in [0.1, 0.15) is 30.4 Å². The van der Waals surface area contributed by atoms with Crippen LogP contribution >= 0.6 is 11.6 Å². The first-order valence-electron chi connectivity index (χ1n) is 7.04. The van der Waals surface area contributed by atoms with Gasteiger partial charge in [0, 0.05) is 24.7 Å². The van der Waals surface area contributed by atoms with Gasteiger partial charge in [-0.2, -0.15) is 0 Å². The fraction of sp³-hybridized carbons (Fsp3) is 0.571. The third-order valence-electron chi connectivity index (χ3n) is 3.72. The summed E-state index contributed by atoms with van der Waals surface area (Å²) >= 11 is 5.98. The maximum absolute atomic E-state index is 12.4. The van der Waals surface area contributed by atoms with E-state index in [4.69, 9.17) is 22.1 Å². The van der Waals surface area contributed by atoms with Crippen LogP contribution in [0.3, 0.4) is 0 Å². The van der Waals surface area contributed by atoms with E-state index in [9.17, 15) is 8.42 Å². The van der Waals surface area contributed by atoms with E-state index >= 15 is 0 Å². The van der Waals surface area contributed by atoms with Crippen LogP contribution in [0.2, 0.25) is 5.02 Å². The quantitative estimate of drug-likeness (QED) is 0.834. The average molecular weight is 333 g/mol. The summed E-state index contributed by atoms with van der Waals surface area (Å²) in [6, 6.07) is 3.16. The van der Waals surface area contributed by atoms with Crippen LogP contribution in [0.5, 0.6) is 0 Å². The highest BCUT2D eigenvalue weighted by atomic mass is 35.5. The number of rotatable bonds is 6. The van der Waals surface area contributed by atoms with Crippen molar-refractivity contribution in [3.63, 3.8) is 0 Å². The van der Waals surface area contributed by atoms with Gasteiger partial charge < -0.3 is 10.5 Å². The van der Waals surface area contributed by atoms with Crippen molar-refractivity contribution in [2.75, 3.05) is 13.2 Å². The van der Waals surface area contributed by atoms with Gasteiger partial charge in [-0.05, 0) is 49.4 Å². The molecule has 0 amide bonds. The van der Waals surface area contributed by atoms with E-state index in [1.807, 2.05) is 0 Å². The van der Waals surface area contributed by atoms with Gasteiger partial charge in [-0.1, -0.05) is 11.6 Å². The molecule has 1 aliphatic rings. The van der Waals surface area contributed by atoms with Gasteiger partial charge in [0.1, 0.15) is 0 Å². The van der Waals surface area contributed by atoms with Crippen LogP contribution < -0.4 is 10.5 Å². The number of hydrogen-bond donors (Lipinski definition) is 2. The van der Waals surface area contributed by atoms with E-state index in [2.05, 4.69) is 4.72 Å². The molecule has 0 spiro atoms. The molecule has 5 nitrogen and oxygen atoms in total. The summed E-state index contributed by atoms with van der Waals surface area (Å²) in [7, 11) is -3.58. The lowest BCUT2D eigenvalue weighted by atomic mass is 10.1. The summed E-state index contributed by atoms with van der Waals surface area (Å²) in [4.78, 5) is 0.197. The van der Waals surface area contributed by atoms with E-state index in [0.717, 1.165) is 25.0 Å². The number of ether oxygens (including phenoxy) is 1. The molecule has 1 unspecified atom stereocenters. The Morgan fingerprint density at radius 3 is 2.86 bits per heavy atom. The number of sulfonamides is 1. The van der Waals surface area contributed by atoms with E-state index in [1.54, 1.807) is 13.0 Å². The Bertz CT molecular complexity index is 598. The molecule has 0 bridgehead atoms. The van der Waals surface area contributed by atoms with Crippen molar-refractivity contribution in [2.24, 2.45) is 5.73 Å². The smallest absolute Gasteiger partial charge is 0.240 e. The molecular formula is C14H21ClN2O3S. The average Bonchev–Trinajstić information content (AvgIpc) is 2.93. The standard InChI is InChI=1S/C14H21ClN2O3S/c1-10-11(9-16)7-12(15)8-14(10)21(18,19)17-5-4-13-3-2-6-20-13/h7-8,13,17H,2-6,9,16H2,1H3. The predicted octanol–water partition coefficient (Wildman–Crippen LogP) is 1.95. The molecule has 2 rings (SSSR count). The minimum atomic E-state index is -3.58. The second kappa shape index (κ2) is 7.07. The van der Waals surface area contributed by atoms with Gasteiger partial charge in [0.05, 0.1) is 11.0 Å². The van der Waals surface area contributed by atoms with Gasteiger partial charge in [-0.25, -0.2) is 13.1 Å². The zero-order chi connectivity index (χ0) is 15.5. The SMILES string of the molecule is Cc1c(CN)cc(Cl)cc1S(=O)(=O)NCCC1CCCO1. The van der Waals surface area contributed by atoms with E-state index in [0.29, 0.717) is 23.6 Å². The summed E-state index contributed by atoms with van der Waals surface area (Å²) in [5.74, 6) is 0. The first-order valence-corrected chi connectivity index (χ1v) is 8.90. The van der Waals surface area contributed by atoms with Crippen LogP contribution in [0.4, 0.5) is 0 Å². The van der Waals surface area contributed by atoms with Crippen LogP contribution in [-0.4, -0.2) is 27.7 Å². The largest absolute Gasteiger partial charge is 0.378 e. The maximum atomic E-state index is 12.4. The van der Waals surface area contributed by atoms with Crippen LogP contribution in [-0.2, 0) is 21.3 Å². The van der Waals surface area contributed by atoms with E-state index in [1.165, 1.54) is 6.07 Å². The van der Waals surface area contributed by atoms with Crippen molar-refractivity contribution < 1.29 is 13.2 Å². The highest BCUT2D eigenvalue weighted by Crippen LogP contribution is 2.24. The molecule has 1 aromatic rings. The highest BCUT2D eigenvalue weighted by molar-refractivity contribution is 7.89. The first kappa shape index (κ1) is 16.7.